The molecule has 3 nitrogen and oxygen atoms in total. The molecule has 0 heterocycles. The molecule has 0 unspecified atom stereocenters. The number of amides is 1. The molecule has 2 N–H and O–H groups in total. The maximum Gasteiger partial charge on any atom is 0.256 e. The first-order valence-electron chi connectivity index (χ1n) is 3.79. The summed E-state index contributed by atoms with van der Waals surface area (Å²) < 4.78 is 13.1. The molecule has 70 valence electrons. The Morgan fingerprint density at radius 3 is 2.62 bits per heavy atom. The van der Waals surface area contributed by atoms with Crippen molar-refractivity contribution in [2.75, 3.05) is 19.8 Å². The molecule has 0 fully saturated rings. The summed E-state index contributed by atoms with van der Waals surface area (Å²) >= 11 is 0. The SMILES string of the molecule is CN(C)C(=O)c1cc(N)ccc1F. The van der Waals surface area contributed by atoms with Crippen LogP contribution in [-0.4, -0.2) is 24.9 Å². The van der Waals surface area contributed by atoms with Gasteiger partial charge in [0.1, 0.15) is 5.82 Å². The van der Waals surface area contributed by atoms with Crippen LogP contribution in [0.15, 0.2) is 18.2 Å². The van der Waals surface area contributed by atoms with Crippen molar-refractivity contribution in [3.8, 4) is 0 Å². The van der Waals surface area contributed by atoms with Crippen molar-refractivity contribution in [2.24, 2.45) is 0 Å². The van der Waals surface area contributed by atoms with Crippen LogP contribution in [0.3, 0.4) is 0 Å². The van der Waals surface area contributed by atoms with Crippen LogP contribution in [0.5, 0.6) is 0 Å². The van der Waals surface area contributed by atoms with Gasteiger partial charge in [-0.2, -0.15) is 0 Å². The Bertz CT molecular complexity index is 336. The summed E-state index contributed by atoms with van der Waals surface area (Å²) in [6, 6.07) is 3.94. The number of nitrogens with zero attached hydrogens (tertiary/aromatic N) is 1. The molecule has 4 heteroatoms. The van der Waals surface area contributed by atoms with E-state index in [1.807, 2.05) is 0 Å². The molecule has 0 aliphatic carbocycles. The predicted molar refractivity (Wildman–Crippen MR) is 48.8 cm³/mol. The lowest BCUT2D eigenvalue weighted by molar-refractivity contribution is 0.0823. The van der Waals surface area contributed by atoms with E-state index in [4.69, 9.17) is 5.73 Å². The summed E-state index contributed by atoms with van der Waals surface area (Å²) in [7, 11) is 3.12. The van der Waals surface area contributed by atoms with Crippen LogP contribution in [-0.2, 0) is 0 Å². The van der Waals surface area contributed by atoms with Crippen LogP contribution >= 0.6 is 0 Å². The summed E-state index contributed by atoms with van der Waals surface area (Å²) in [5.41, 5.74) is 5.81. The number of nitrogen functional groups attached to an aromatic ring is 1. The van der Waals surface area contributed by atoms with Gasteiger partial charge in [0.15, 0.2) is 0 Å². The second-order valence-electron chi connectivity index (χ2n) is 2.94. The second-order valence-corrected chi connectivity index (χ2v) is 2.94. The lowest BCUT2D eigenvalue weighted by Crippen LogP contribution is -2.22. The molecule has 0 radical (unpaired) electrons. The second kappa shape index (κ2) is 3.43. The molecule has 1 amide bonds. The number of nitrogens with two attached hydrogens (primary N) is 1. The number of halogens is 1. The van der Waals surface area contributed by atoms with E-state index in [1.165, 1.54) is 23.1 Å². The molecule has 13 heavy (non-hydrogen) atoms. The number of carbonyl (C=O) groups excluding carboxylic acids is 1. The first kappa shape index (κ1) is 9.51. The van der Waals surface area contributed by atoms with Gasteiger partial charge >= 0.3 is 0 Å². The molecule has 0 aliphatic rings. The van der Waals surface area contributed by atoms with Gasteiger partial charge in [-0.3, -0.25) is 4.79 Å². The van der Waals surface area contributed by atoms with Gasteiger partial charge in [-0.05, 0) is 18.2 Å². The highest BCUT2D eigenvalue weighted by molar-refractivity contribution is 5.94. The van der Waals surface area contributed by atoms with Gasteiger partial charge in [-0.15, -0.1) is 0 Å². The number of hydrogen-bond acceptors (Lipinski definition) is 2. The van der Waals surface area contributed by atoms with Crippen LogP contribution in [0.4, 0.5) is 10.1 Å². The summed E-state index contributed by atoms with van der Waals surface area (Å²) in [6.45, 7) is 0. The highest BCUT2D eigenvalue weighted by atomic mass is 19.1. The van der Waals surface area contributed by atoms with Crippen molar-refractivity contribution in [2.45, 2.75) is 0 Å². The molecule has 0 aromatic heterocycles. The number of hydrogen-bond donors (Lipinski definition) is 1. The molecule has 0 spiro atoms. The van der Waals surface area contributed by atoms with E-state index in [-0.39, 0.29) is 11.5 Å². The Balaban J connectivity index is 3.13. The smallest absolute Gasteiger partial charge is 0.256 e. The fourth-order valence-electron chi connectivity index (χ4n) is 0.948. The lowest BCUT2D eigenvalue weighted by Gasteiger charge is -2.10. The summed E-state index contributed by atoms with van der Waals surface area (Å²) in [6.07, 6.45) is 0. The Morgan fingerprint density at radius 2 is 2.08 bits per heavy atom. The van der Waals surface area contributed by atoms with Crippen molar-refractivity contribution < 1.29 is 9.18 Å². The van der Waals surface area contributed by atoms with Gasteiger partial charge in [0.25, 0.3) is 5.91 Å². The molecule has 0 aliphatic heterocycles. The average Bonchev–Trinajstić information content (AvgIpc) is 2.08. The van der Waals surface area contributed by atoms with E-state index >= 15 is 0 Å². The minimum absolute atomic E-state index is 0.00463. The number of anilines is 1. The molecule has 0 saturated heterocycles. The summed E-state index contributed by atoms with van der Waals surface area (Å²) in [5.74, 6) is -0.933. The zero-order chi connectivity index (χ0) is 10.0. The Morgan fingerprint density at radius 1 is 1.46 bits per heavy atom. The maximum atomic E-state index is 13.1. The highest BCUT2D eigenvalue weighted by Gasteiger charge is 2.13. The van der Waals surface area contributed by atoms with Crippen LogP contribution in [0.2, 0.25) is 0 Å². The summed E-state index contributed by atoms with van der Waals surface area (Å²) in [4.78, 5) is 12.7. The van der Waals surface area contributed by atoms with Gasteiger partial charge in [0, 0.05) is 19.8 Å². The number of rotatable bonds is 1. The zero-order valence-electron chi connectivity index (χ0n) is 7.54. The summed E-state index contributed by atoms with van der Waals surface area (Å²) in [5, 5.41) is 0. The number of carbonyl (C=O) groups is 1. The fourth-order valence-corrected chi connectivity index (χ4v) is 0.948. The van der Waals surface area contributed by atoms with Crippen molar-refractivity contribution in [1.82, 2.24) is 4.90 Å². The average molecular weight is 182 g/mol. The van der Waals surface area contributed by atoms with E-state index in [0.29, 0.717) is 5.69 Å². The van der Waals surface area contributed by atoms with E-state index in [9.17, 15) is 9.18 Å². The third-order valence-corrected chi connectivity index (χ3v) is 1.63. The minimum atomic E-state index is -0.548. The Kier molecular flexibility index (Phi) is 2.51. The van der Waals surface area contributed by atoms with Gasteiger partial charge in [0.05, 0.1) is 5.56 Å². The molecule has 0 saturated carbocycles. The first-order chi connectivity index (χ1) is 6.02. The topological polar surface area (TPSA) is 46.3 Å². The minimum Gasteiger partial charge on any atom is -0.399 e. The molecule has 1 rings (SSSR count). The molecule has 0 atom stereocenters. The van der Waals surface area contributed by atoms with E-state index in [0.717, 1.165) is 0 Å². The monoisotopic (exact) mass is 182 g/mol. The van der Waals surface area contributed by atoms with Gasteiger partial charge < -0.3 is 10.6 Å². The molecule has 0 bridgehead atoms. The standard InChI is InChI=1S/C9H11FN2O/c1-12(2)9(13)7-5-6(11)3-4-8(7)10/h3-5H,11H2,1-2H3. The quantitative estimate of drug-likeness (QED) is 0.661. The predicted octanol–water partition coefficient (Wildman–Crippen LogP) is 1.11. The molecule has 1 aromatic carbocycles. The van der Waals surface area contributed by atoms with E-state index in [1.54, 1.807) is 14.1 Å². The van der Waals surface area contributed by atoms with Crippen molar-refractivity contribution >= 4 is 11.6 Å². The number of benzene rings is 1. The maximum absolute atomic E-state index is 13.1. The normalized spacial score (nSPS) is 9.77. The highest BCUT2D eigenvalue weighted by Crippen LogP contribution is 2.13. The van der Waals surface area contributed by atoms with E-state index in [2.05, 4.69) is 0 Å². The third kappa shape index (κ3) is 1.96. The molecular weight excluding hydrogens is 171 g/mol. The molecular formula is C9H11FN2O. The van der Waals surface area contributed by atoms with Crippen LogP contribution in [0.25, 0.3) is 0 Å². The van der Waals surface area contributed by atoms with Gasteiger partial charge in [-0.1, -0.05) is 0 Å². The molecule has 1 aromatic rings. The largest absolute Gasteiger partial charge is 0.399 e. The fraction of sp³-hybridized carbons (Fsp3) is 0.222. The third-order valence-electron chi connectivity index (χ3n) is 1.63. The lowest BCUT2D eigenvalue weighted by atomic mass is 10.1. The van der Waals surface area contributed by atoms with Crippen molar-refractivity contribution in [3.05, 3.63) is 29.6 Å². The van der Waals surface area contributed by atoms with Crippen LogP contribution in [0, 0.1) is 5.82 Å². The Hall–Kier alpha value is -1.58. The van der Waals surface area contributed by atoms with Gasteiger partial charge in [-0.25, -0.2) is 4.39 Å². The van der Waals surface area contributed by atoms with Gasteiger partial charge in [0.2, 0.25) is 0 Å². The van der Waals surface area contributed by atoms with Crippen LogP contribution in [0.1, 0.15) is 10.4 Å². The first-order valence-corrected chi connectivity index (χ1v) is 3.79. The Labute approximate surface area is 76.0 Å². The zero-order valence-corrected chi connectivity index (χ0v) is 7.54. The van der Waals surface area contributed by atoms with Crippen molar-refractivity contribution in [1.29, 1.82) is 0 Å². The van der Waals surface area contributed by atoms with E-state index < -0.39 is 5.82 Å². The van der Waals surface area contributed by atoms with Crippen LogP contribution < -0.4 is 5.73 Å². The van der Waals surface area contributed by atoms with Crippen molar-refractivity contribution in [3.63, 3.8) is 0 Å².